The second kappa shape index (κ2) is 4.81. The molecule has 2 fully saturated rings. The van der Waals surface area contributed by atoms with Gasteiger partial charge in [0.25, 0.3) is 0 Å². The summed E-state index contributed by atoms with van der Waals surface area (Å²) >= 11 is 0. The minimum absolute atomic E-state index is 0.566. The van der Waals surface area contributed by atoms with Crippen LogP contribution in [0.15, 0.2) is 0 Å². The number of hydrogen-bond donors (Lipinski definition) is 1. The number of ether oxygens (including phenoxy) is 2. The Morgan fingerprint density at radius 3 is 3.07 bits per heavy atom. The van der Waals surface area contributed by atoms with Crippen molar-refractivity contribution in [3.63, 3.8) is 0 Å². The third kappa shape index (κ3) is 2.52. The van der Waals surface area contributed by atoms with Crippen molar-refractivity contribution in [1.29, 1.82) is 0 Å². The van der Waals surface area contributed by atoms with E-state index in [1.807, 2.05) is 0 Å². The van der Waals surface area contributed by atoms with Gasteiger partial charge in [-0.05, 0) is 36.6 Å². The summed E-state index contributed by atoms with van der Waals surface area (Å²) in [5.74, 6) is 1.67. The standard InChI is InChI=1S/C12H23NO2/c1-12(10-3-5-15-9-10)7-11(12)8-13-4-6-14-2/h10-11,13H,3-9H2,1-2H3. The van der Waals surface area contributed by atoms with E-state index < -0.39 is 0 Å². The van der Waals surface area contributed by atoms with Crippen LogP contribution < -0.4 is 5.32 Å². The van der Waals surface area contributed by atoms with E-state index in [-0.39, 0.29) is 0 Å². The molecule has 88 valence electrons. The van der Waals surface area contributed by atoms with Gasteiger partial charge in [0, 0.05) is 26.9 Å². The maximum atomic E-state index is 5.47. The summed E-state index contributed by atoms with van der Waals surface area (Å²) in [7, 11) is 1.75. The molecule has 1 aliphatic carbocycles. The molecule has 15 heavy (non-hydrogen) atoms. The molecule has 3 nitrogen and oxygen atoms in total. The van der Waals surface area contributed by atoms with Gasteiger partial charge in [0.05, 0.1) is 6.61 Å². The Labute approximate surface area is 92.5 Å². The maximum Gasteiger partial charge on any atom is 0.0587 e. The second-order valence-electron chi connectivity index (χ2n) is 5.16. The van der Waals surface area contributed by atoms with Gasteiger partial charge in [-0.3, -0.25) is 0 Å². The highest BCUT2D eigenvalue weighted by Gasteiger charge is 2.54. The number of methoxy groups -OCH3 is 1. The van der Waals surface area contributed by atoms with Gasteiger partial charge >= 0.3 is 0 Å². The monoisotopic (exact) mass is 213 g/mol. The van der Waals surface area contributed by atoms with Crippen LogP contribution in [-0.4, -0.2) is 40.0 Å². The van der Waals surface area contributed by atoms with E-state index in [1.54, 1.807) is 7.11 Å². The van der Waals surface area contributed by atoms with Crippen molar-refractivity contribution >= 4 is 0 Å². The molecule has 3 heteroatoms. The van der Waals surface area contributed by atoms with Crippen LogP contribution in [0.25, 0.3) is 0 Å². The molecule has 0 aromatic heterocycles. The van der Waals surface area contributed by atoms with Crippen LogP contribution in [0.3, 0.4) is 0 Å². The van der Waals surface area contributed by atoms with Crippen molar-refractivity contribution < 1.29 is 9.47 Å². The van der Waals surface area contributed by atoms with Crippen LogP contribution in [0.1, 0.15) is 19.8 Å². The molecule has 1 saturated carbocycles. The molecule has 0 bridgehead atoms. The lowest BCUT2D eigenvalue weighted by Crippen LogP contribution is -2.25. The molecule has 0 amide bonds. The van der Waals surface area contributed by atoms with Crippen molar-refractivity contribution in [3.05, 3.63) is 0 Å². The molecule has 2 aliphatic rings. The van der Waals surface area contributed by atoms with Crippen molar-refractivity contribution in [1.82, 2.24) is 5.32 Å². The Morgan fingerprint density at radius 1 is 1.53 bits per heavy atom. The molecule has 3 unspecified atom stereocenters. The summed E-state index contributed by atoms with van der Waals surface area (Å²) < 4.78 is 10.5. The number of nitrogens with one attached hydrogen (secondary N) is 1. The highest BCUT2D eigenvalue weighted by molar-refractivity contribution is 5.04. The zero-order valence-corrected chi connectivity index (χ0v) is 9.92. The molecule has 1 saturated heterocycles. The van der Waals surface area contributed by atoms with E-state index in [0.29, 0.717) is 5.41 Å². The average Bonchev–Trinajstić information content (AvgIpc) is 2.72. The van der Waals surface area contributed by atoms with E-state index in [2.05, 4.69) is 12.2 Å². The summed E-state index contributed by atoms with van der Waals surface area (Å²) in [5, 5.41) is 3.46. The molecule has 1 aliphatic heterocycles. The van der Waals surface area contributed by atoms with E-state index in [4.69, 9.17) is 9.47 Å². The van der Waals surface area contributed by atoms with Crippen molar-refractivity contribution in [2.75, 3.05) is 40.0 Å². The fraction of sp³-hybridized carbons (Fsp3) is 1.00. The van der Waals surface area contributed by atoms with Gasteiger partial charge in [0.15, 0.2) is 0 Å². The Hall–Kier alpha value is -0.120. The summed E-state index contributed by atoms with van der Waals surface area (Å²) in [6.07, 6.45) is 2.64. The van der Waals surface area contributed by atoms with Crippen molar-refractivity contribution in [3.8, 4) is 0 Å². The first-order valence-corrected chi connectivity index (χ1v) is 6.05. The zero-order chi connectivity index (χ0) is 10.7. The van der Waals surface area contributed by atoms with Crippen LogP contribution in [0.5, 0.6) is 0 Å². The van der Waals surface area contributed by atoms with Gasteiger partial charge in [-0.25, -0.2) is 0 Å². The van der Waals surface area contributed by atoms with Gasteiger partial charge in [0.2, 0.25) is 0 Å². The molecule has 0 aromatic rings. The predicted molar refractivity (Wildman–Crippen MR) is 59.9 cm³/mol. The van der Waals surface area contributed by atoms with Gasteiger partial charge < -0.3 is 14.8 Å². The molecular weight excluding hydrogens is 190 g/mol. The molecular formula is C12H23NO2. The molecule has 1 heterocycles. The number of rotatable bonds is 6. The molecule has 3 atom stereocenters. The minimum atomic E-state index is 0.566. The first-order chi connectivity index (χ1) is 7.27. The van der Waals surface area contributed by atoms with Crippen LogP contribution >= 0.6 is 0 Å². The predicted octanol–water partition coefficient (Wildman–Crippen LogP) is 1.29. The maximum absolute atomic E-state index is 5.47. The first-order valence-electron chi connectivity index (χ1n) is 6.05. The average molecular weight is 213 g/mol. The molecule has 0 spiro atoms. The molecule has 1 N–H and O–H groups in total. The van der Waals surface area contributed by atoms with Crippen LogP contribution in [0.4, 0.5) is 0 Å². The normalized spacial score (nSPS) is 39.6. The Kier molecular flexibility index (Phi) is 3.65. The third-order valence-corrected chi connectivity index (χ3v) is 4.19. The van der Waals surface area contributed by atoms with Gasteiger partial charge in [-0.1, -0.05) is 6.92 Å². The summed E-state index contributed by atoms with van der Waals surface area (Å²) in [6.45, 7) is 7.33. The first kappa shape index (κ1) is 11.4. The lowest BCUT2D eigenvalue weighted by molar-refractivity contribution is 0.166. The summed E-state index contributed by atoms with van der Waals surface area (Å²) in [4.78, 5) is 0. The molecule has 2 rings (SSSR count). The SMILES string of the molecule is COCCNCC1CC1(C)C1CCOC1. The number of hydrogen-bond acceptors (Lipinski definition) is 3. The third-order valence-electron chi connectivity index (χ3n) is 4.19. The highest BCUT2D eigenvalue weighted by atomic mass is 16.5. The smallest absolute Gasteiger partial charge is 0.0587 e. The fourth-order valence-corrected chi connectivity index (χ4v) is 2.78. The van der Waals surface area contributed by atoms with E-state index in [1.165, 1.54) is 12.8 Å². The zero-order valence-electron chi connectivity index (χ0n) is 9.92. The lowest BCUT2D eigenvalue weighted by atomic mass is 9.88. The second-order valence-corrected chi connectivity index (χ2v) is 5.16. The van der Waals surface area contributed by atoms with Crippen molar-refractivity contribution in [2.45, 2.75) is 19.8 Å². The Balaban J connectivity index is 1.65. The van der Waals surface area contributed by atoms with E-state index in [0.717, 1.165) is 44.7 Å². The van der Waals surface area contributed by atoms with E-state index >= 15 is 0 Å². The topological polar surface area (TPSA) is 30.5 Å². The van der Waals surface area contributed by atoms with Gasteiger partial charge in [0.1, 0.15) is 0 Å². The summed E-state index contributed by atoms with van der Waals surface area (Å²) in [5.41, 5.74) is 0.566. The van der Waals surface area contributed by atoms with E-state index in [9.17, 15) is 0 Å². The molecule has 0 radical (unpaired) electrons. The Morgan fingerprint density at radius 2 is 2.40 bits per heavy atom. The van der Waals surface area contributed by atoms with Crippen LogP contribution in [0, 0.1) is 17.3 Å². The molecule has 0 aromatic carbocycles. The van der Waals surface area contributed by atoms with Crippen LogP contribution in [0.2, 0.25) is 0 Å². The lowest BCUT2D eigenvalue weighted by Gasteiger charge is -2.18. The van der Waals surface area contributed by atoms with Crippen molar-refractivity contribution in [2.24, 2.45) is 17.3 Å². The van der Waals surface area contributed by atoms with Crippen LogP contribution in [-0.2, 0) is 9.47 Å². The fourth-order valence-electron chi connectivity index (χ4n) is 2.78. The van der Waals surface area contributed by atoms with Gasteiger partial charge in [-0.2, -0.15) is 0 Å². The van der Waals surface area contributed by atoms with Gasteiger partial charge in [-0.15, -0.1) is 0 Å². The Bertz CT molecular complexity index is 204. The summed E-state index contributed by atoms with van der Waals surface area (Å²) in [6, 6.07) is 0. The quantitative estimate of drug-likeness (QED) is 0.674. The highest BCUT2D eigenvalue weighted by Crippen LogP contribution is 2.59. The largest absolute Gasteiger partial charge is 0.383 e. The minimum Gasteiger partial charge on any atom is -0.383 e.